The van der Waals surface area contributed by atoms with Crippen LogP contribution in [0, 0.1) is 47.3 Å². The summed E-state index contributed by atoms with van der Waals surface area (Å²) < 4.78 is 15.5. The summed E-state index contributed by atoms with van der Waals surface area (Å²) in [5.41, 5.74) is 0. The summed E-state index contributed by atoms with van der Waals surface area (Å²) in [6.07, 6.45) is 32.3. The van der Waals surface area contributed by atoms with Crippen LogP contribution < -0.4 is 0 Å². The highest BCUT2D eigenvalue weighted by atomic mass is 16.6. The van der Waals surface area contributed by atoms with Gasteiger partial charge in [0, 0.05) is 40.1 Å². The zero-order chi connectivity index (χ0) is 31.7. The van der Waals surface area contributed by atoms with Gasteiger partial charge in [0.15, 0.2) is 0 Å². The van der Waals surface area contributed by atoms with Crippen molar-refractivity contribution in [3.05, 3.63) is 0 Å². The van der Waals surface area contributed by atoms with Gasteiger partial charge in [-0.05, 0) is 98.7 Å². The third-order valence-corrected chi connectivity index (χ3v) is 12.4. The van der Waals surface area contributed by atoms with E-state index < -0.39 is 0 Å². The Morgan fingerprint density at radius 2 is 0.956 bits per heavy atom. The summed E-state index contributed by atoms with van der Waals surface area (Å²) in [7, 11) is 3.37. The normalized spacial score (nSPS) is 32.7. The van der Waals surface area contributed by atoms with Crippen molar-refractivity contribution in [2.75, 3.05) is 34.0 Å². The van der Waals surface area contributed by atoms with Crippen molar-refractivity contribution in [3.8, 4) is 0 Å². The number of hydrogen-bond acceptors (Lipinski definition) is 5. The second-order valence-corrected chi connectivity index (χ2v) is 16.3. The van der Waals surface area contributed by atoms with Gasteiger partial charge in [0.2, 0.25) is 0 Å². The highest BCUT2D eigenvalue weighted by Crippen LogP contribution is 2.43. The summed E-state index contributed by atoms with van der Waals surface area (Å²) in [4.78, 5) is 24.7. The number of carbonyl (C=O) groups is 2. The molecule has 4 aliphatic carbocycles. The molecule has 4 saturated carbocycles. The van der Waals surface area contributed by atoms with Crippen LogP contribution in [0.4, 0.5) is 0 Å². The first-order valence-corrected chi connectivity index (χ1v) is 19.7. The minimum Gasteiger partial charge on any atom is -0.463 e. The average Bonchev–Trinajstić information content (AvgIpc) is 3.02. The van der Waals surface area contributed by atoms with Crippen molar-refractivity contribution < 1.29 is 23.8 Å². The smallest absolute Gasteiger partial charge is 0.306 e. The Morgan fingerprint density at radius 3 is 1.47 bits per heavy atom. The lowest BCUT2D eigenvalue weighted by molar-refractivity contribution is -0.146. The van der Waals surface area contributed by atoms with E-state index >= 15 is 0 Å². The largest absolute Gasteiger partial charge is 0.463 e. The second kappa shape index (κ2) is 21.1. The third-order valence-electron chi connectivity index (χ3n) is 12.4. The Bertz CT molecular complexity index is 762. The SMILES string of the molecule is COCCCC(=O)CC1CCCC(CC2CCCC(CCCC3CCCC(CC4CCCC(CC(=O)OCCOC)C4)C3)C2)C1. The summed E-state index contributed by atoms with van der Waals surface area (Å²) >= 11 is 0. The molecule has 0 amide bonds. The predicted octanol–water partition coefficient (Wildman–Crippen LogP) is 10.1. The van der Waals surface area contributed by atoms with E-state index in [0.717, 1.165) is 48.3 Å². The van der Waals surface area contributed by atoms with Gasteiger partial charge in [0.05, 0.1) is 6.61 Å². The number of ketones is 1. The Labute approximate surface area is 277 Å². The van der Waals surface area contributed by atoms with Gasteiger partial charge in [-0.15, -0.1) is 0 Å². The Balaban J connectivity index is 1.09. The molecule has 0 aromatic heterocycles. The van der Waals surface area contributed by atoms with Gasteiger partial charge in [0.25, 0.3) is 0 Å². The van der Waals surface area contributed by atoms with E-state index in [-0.39, 0.29) is 5.97 Å². The lowest BCUT2D eigenvalue weighted by Gasteiger charge is -2.36. The fourth-order valence-electron chi connectivity index (χ4n) is 10.4. The first-order chi connectivity index (χ1) is 22.0. The summed E-state index contributed by atoms with van der Waals surface area (Å²) in [6, 6.07) is 0. The van der Waals surface area contributed by atoms with Crippen LogP contribution in [0.1, 0.15) is 161 Å². The zero-order valence-electron chi connectivity index (χ0n) is 29.5. The molecule has 0 aromatic carbocycles. The monoisotopic (exact) mass is 631 g/mol. The molecule has 5 heteroatoms. The van der Waals surface area contributed by atoms with Crippen LogP contribution in [0.3, 0.4) is 0 Å². The minimum atomic E-state index is -0.0277. The molecule has 45 heavy (non-hydrogen) atoms. The Morgan fingerprint density at radius 1 is 0.511 bits per heavy atom. The van der Waals surface area contributed by atoms with Crippen molar-refractivity contribution in [1.29, 1.82) is 0 Å². The van der Waals surface area contributed by atoms with Crippen molar-refractivity contribution in [2.45, 2.75) is 161 Å². The molecule has 4 rings (SSSR count). The van der Waals surface area contributed by atoms with E-state index in [1.807, 2.05) is 0 Å². The Kier molecular flexibility index (Phi) is 17.3. The fourth-order valence-corrected chi connectivity index (χ4v) is 10.4. The van der Waals surface area contributed by atoms with Crippen molar-refractivity contribution in [1.82, 2.24) is 0 Å². The molecule has 0 heterocycles. The molecular weight excluding hydrogens is 560 g/mol. The highest BCUT2D eigenvalue weighted by Gasteiger charge is 2.31. The van der Waals surface area contributed by atoms with Crippen LogP contribution in [0.5, 0.6) is 0 Å². The van der Waals surface area contributed by atoms with Gasteiger partial charge < -0.3 is 14.2 Å². The number of Topliss-reactive ketones (excluding diaryl/α,β-unsaturated/α-hetero) is 1. The summed E-state index contributed by atoms with van der Waals surface area (Å²) in [5.74, 6) is 7.07. The van der Waals surface area contributed by atoms with Crippen LogP contribution in [0.25, 0.3) is 0 Å². The fraction of sp³-hybridized carbons (Fsp3) is 0.950. The van der Waals surface area contributed by atoms with E-state index in [0.29, 0.717) is 50.3 Å². The van der Waals surface area contributed by atoms with E-state index in [4.69, 9.17) is 14.2 Å². The third kappa shape index (κ3) is 14.4. The number of rotatable bonds is 19. The Hall–Kier alpha value is -0.940. The first-order valence-electron chi connectivity index (χ1n) is 19.7. The number of hydrogen-bond donors (Lipinski definition) is 0. The van der Waals surface area contributed by atoms with Crippen LogP contribution in [0.15, 0.2) is 0 Å². The molecule has 0 N–H and O–H groups in total. The zero-order valence-corrected chi connectivity index (χ0v) is 29.5. The maximum absolute atomic E-state index is 12.5. The topological polar surface area (TPSA) is 61.8 Å². The van der Waals surface area contributed by atoms with Crippen LogP contribution in [-0.4, -0.2) is 45.8 Å². The predicted molar refractivity (Wildman–Crippen MR) is 183 cm³/mol. The van der Waals surface area contributed by atoms with E-state index in [1.54, 1.807) is 14.2 Å². The molecule has 4 fully saturated rings. The molecule has 0 bridgehead atoms. The number of esters is 1. The van der Waals surface area contributed by atoms with Crippen LogP contribution in [-0.2, 0) is 23.8 Å². The van der Waals surface area contributed by atoms with Gasteiger partial charge in [-0.2, -0.15) is 0 Å². The molecule has 0 aliphatic heterocycles. The molecule has 8 unspecified atom stereocenters. The second-order valence-electron chi connectivity index (χ2n) is 16.3. The first kappa shape index (κ1) is 36.9. The molecule has 0 radical (unpaired) electrons. The van der Waals surface area contributed by atoms with Gasteiger partial charge in [0.1, 0.15) is 12.4 Å². The molecular formula is C40H70O5. The molecule has 4 aliphatic rings. The molecule has 5 nitrogen and oxygen atoms in total. The average molecular weight is 631 g/mol. The van der Waals surface area contributed by atoms with Gasteiger partial charge in [-0.3, -0.25) is 9.59 Å². The molecule has 0 spiro atoms. The molecule has 0 aromatic rings. The number of carbonyl (C=O) groups excluding carboxylic acids is 2. The number of ether oxygens (including phenoxy) is 3. The van der Waals surface area contributed by atoms with Gasteiger partial charge in [-0.25, -0.2) is 0 Å². The summed E-state index contributed by atoms with van der Waals surface area (Å²) in [6.45, 7) is 1.59. The summed E-state index contributed by atoms with van der Waals surface area (Å²) in [5, 5.41) is 0. The van der Waals surface area contributed by atoms with E-state index in [9.17, 15) is 9.59 Å². The van der Waals surface area contributed by atoms with E-state index in [2.05, 4.69) is 0 Å². The highest BCUT2D eigenvalue weighted by molar-refractivity contribution is 5.78. The van der Waals surface area contributed by atoms with E-state index in [1.165, 1.54) is 135 Å². The maximum Gasteiger partial charge on any atom is 0.306 e. The molecule has 0 saturated heterocycles. The molecule has 260 valence electrons. The van der Waals surface area contributed by atoms with Crippen LogP contribution >= 0.6 is 0 Å². The standard InChI is InChI=1S/C40H70O5/c1-43-20-8-19-39(41)29-37-17-6-15-35(27-37)25-33-13-4-11-31(23-33)9-3-10-32-12-5-14-34(24-32)26-36-16-7-18-38(28-36)30-40(42)45-22-21-44-2/h31-38H,3-30H2,1-2H3. The van der Waals surface area contributed by atoms with Gasteiger partial charge >= 0.3 is 5.97 Å². The lowest BCUT2D eigenvalue weighted by Crippen LogP contribution is -2.24. The van der Waals surface area contributed by atoms with Crippen molar-refractivity contribution in [2.24, 2.45) is 47.3 Å². The quantitative estimate of drug-likeness (QED) is 0.105. The molecule has 8 atom stereocenters. The minimum absolute atomic E-state index is 0.0277. The number of methoxy groups -OCH3 is 2. The van der Waals surface area contributed by atoms with Gasteiger partial charge in [-0.1, -0.05) is 89.9 Å². The van der Waals surface area contributed by atoms with Crippen molar-refractivity contribution in [3.63, 3.8) is 0 Å². The maximum atomic E-state index is 12.5. The lowest BCUT2D eigenvalue weighted by atomic mass is 9.70. The van der Waals surface area contributed by atoms with Crippen LogP contribution in [0.2, 0.25) is 0 Å². The van der Waals surface area contributed by atoms with Crippen molar-refractivity contribution >= 4 is 11.8 Å².